The van der Waals surface area contributed by atoms with E-state index in [4.69, 9.17) is 9.47 Å². The van der Waals surface area contributed by atoms with Crippen molar-refractivity contribution < 1.29 is 14.3 Å². The molecule has 0 aromatic carbocycles. The van der Waals surface area contributed by atoms with Crippen LogP contribution in [0, 0.1) is 0 Å². The molecule has 2 rings (SSSR count). The van der Waals surface area contributed by atoms with Gasteiger partial charge in [-0.3, -0.25) is 9.67 Å². The molecule has 23 heavy (non-hydrogen) atoms. The summed E-state index contributed by atoms with van der Waals surface area (Å²) in [5.74, 6) is 0. The van der Waals surface area contributed by atoms with Crippen LogP contribution < -0.4 is 0 Å². The highest BCUT2D eigenvalue weighted by atomic mass is 16.6. The minimum atomic E-state index is -0.530. The number of pyridine rings is 1. The first-order valence-corrected chi connectivity index (χ1v) is 7.46. The lowest BCUT2D eigenvalue weighted by Crippen LogP contribution is -2.37. The van der Waals surface area contributed by atoms with Crippen molar-refractivity contribution in [3.05, 3.63) is 24.2 Å². The van der Waals surface area contributed by atoms with Crippen molar-refractivity contribution in [3.63, 3.8) is 0 Å². The van der Waals surface area contributed by atoms with E-state index in [1.807, 2.05) is 33.9 Å². The number of aryl methyl sites for hydroxylation is 1. The van der Waals surface area contributed by atoms with Crippen LogP contribution in [0.1, 0.15) is 32.6 Å². The Labute approximate surface area is 136 Å². The van der Waals surface area contributed by atoms with Crippen LogP contribution in [0.4, 0.5) is 4.79 Å². The average molecular weight is 320 g/mol. The first-order chi connectivity index (χ1) is 10.7. The molecule has 7 nitrogen and oxygen atoms in total. The molecule has 1 atom stereocenters. The average Bonchev–Trinajstić information content (AvgIpc) is 2.80. The summed E-state index contributed by atoms with van der Waals surface area (Å²) in [6, 6.07) is 1.90. The van der Waals surface area contributed by atoms with Gasteiger partial charge in [0.05, 0.1) is 18.3 Å². The number of likely N-dealkylation sites (N-methyl/N-ethyl adjacent to an activating group) is 1. The molecule has 0 bridgehead atoms. The van der Waals surface area contributed by atoms with E-state index in [0.717, 1.165) is 16.6 Å². The van der Waals surface area contributed by atoms with Crippen LogP contribution in [0.25, 0.3) is 10.9 Å². The van der Waals surface area contributed by atoms with Gasteiger partial charge in [0.2, 0.25) is 0 Å². The molecule has 0 saturated heterocycles. The number of aromatic nitrogens is 3. The van der Waals surface area contributed by atoms with E-state index in [0.29, 0.717) is 6.54 Å². The molecule has 0 fully saturated rings. The van der Waals surface area contributed by atoms with E-state index in [1.54, 1.807) is 31.2 Å². The Hall–Kier alpha value is -2.15. The Balaban J connectivity index is 2.21. The number of methoxy groups -OCH3 is 1. The van der Waals surface area contributed by atoms with Gasteiger partial charge >= 0.3 is 6.09 Å². The first-order valence-electron chi connectivity index (χ1n) is 7.46. The fraction of sp³-hybridized carbons (Fsp3) is 0.562. The van der Waals surface area contributed by atoms with Crippen LogP contribution >= 0.6 is 0 Å². The molecule has 0 aliphatic heterocycles. The number of fused-ring (bicyclic) bond motifs is 1. The summed E-state index contributed by atoms with van der Waals surface area (Å²) in [7, 11) is 5.15. The van der Waals surface area contributed by atoms with Crippen molar-refractivity contribution in [2.24, 2.45) is 7.05 Å². The molecule has 126 valence electrons. The molecular weight excluding hydrogens is 296 g/mol. The predicted molar refractivity (Wildman–Crippen MR) is 87.1 cm³/mol. The van der Waals surface area contributed by atoms with Crippen LogP contribution in [-0.2, 0) is 16.5 Å². The largest absolute Gasteiger partial charge is 0.444 e. The van der Waals surface area contributed by atoms with E-state index in [9.17, 15) is 4.79 Å². The van der Waals surface area contributed by atoms with Crippen molar-refractivity contribution in [2.45, 2.75) is 32.5 Å². The zero-order chi connectivity index (χ0) is 17.2. The van der Waals surface area contributed by atoms with Crippen molar-refractivity contribution >= 4 is 17.0 Å². The van der Waals surface area contributed by atoms with Crippen LogP contribution in [0.2, 0.25) is 0 Å². The minimum Gasteiger partial charge on any atom is -0.444 e. The molecule has 7 heteroatoms. The topological polar surface area (TPSA) is 69.5 Å². The summed E-state index contributed by atoms with van der Waals surface area (Å²) in [6.45, 7) is 5.86. The maximum atomic E-state index is 12.1. The molecule has 2 heterocycles. The van der Waals surface area contributed by atoms with Crippen molar-refractivity contribution in [3.8, 4) is 0 Å². The van der Waals surface area contributed by atoms with Gasteiger partial charge in [-0.25, -0.2) is 4.79 Å². The van der Waals surface area contributed by atoms with E-state index in [2.05, 4.69) is 10.1 Å². The van der Waals surface area contributed by atoms with Crippen LogP contribution in [0.3, 0.4) is 0 Å². The monoisotopic (exact) mass is 320 g/mol. The third-order valence-corrected chi connectivity index (χ3v) is 3.42. The molecule has 0 spiro atoms. The number of carbonyl (C=O) groups excluding carboxylic acids is 1. The highest BCUT2D eigenvalue weighted by Gasteiger charge is 2.25. The van der Waals surface area contributed by atoms with Crippen molar-refractivity contribution in [1.82, 2.24) is 19.7 Å². The fourth-order valence-corrected chi connectivity index (χ4v) is 2.30. The highest BCUT2D eigenvalue weighted by molar-refractivity contribution is 5.81. The Kier molecular flexibility index (Phi) is 4.89. The number of amides is 1. The number of hydrogen-bond acceptors (Lipinski definition) is 5. The molecule has 0 N–H and O–H groups in total. The normalized spacial score (nSPS) is 13.1. The van der Waals surface area contributed by atoms with E-state index in [1.165, 1.54) is 4.90 Å². The molecule has 0 saturated carbocycles. The lowest BCUT2D eigenvalue weighted by Gasteiger charge is -2.26. The molecule has 0 aliphatic carbocycles. The number of hydrogen-bond donors (Lipinski definition) is 0. The van der Waals surface area contributed by atoms with Gasteiger partial charge in [-0.05, 0) is 26.8 Å². The highest BCUT2D eigenvalue weighted by Crippen LogP contribution is 2.25. The summed E-state index contributed by atoms with van der Waals surface area (Å²) in [4.78, 5) is 17.7. The predicted octanol–water partition coefficient (Wildman–Crippen LogP) is 2.52. The summed E-state index contributed by atoms with van der Waals surface area (Å²) in [5, 5.41) is 5.49. The molecule has 1 amide bonds. The second-order valence-electron chi connectivity index (χ2n) is 6.49. The Morgan fingerprint density at radius 1 is 1.43 bits per heavy atom. The van der Waals surface area contributed by atoms with Crippen LogP contribution in [0.15, 0.2) is 18.5 Å². The Morgan fingerprint density at radius 2 is 2.13 bits per heavy atom. The maximum absolute atomic E-state index is 12.1. The SMILES string of the molecule is COC(CN(C)C(=O)OC(C)(C)C)c1nn(C)c2cnccc12. The summed E-state index contributed by atoms with van der Waals surface area (Å²) < 4.78 is 12.7. The standard InChI is InChI=1S/C16H24N4O3/c1-16(2,3)23-15(21)19(4)10-13(22-6)14-11-7-8-17-9-12(11)20(5)18-14/h7-9,13H,10H2,1-6H3. The fourth-order valence-electron chi connectivity index (χ4n) is 2.30. The molecule has 2 aromatic heterocycles. The minimum absolute atomic E-state index is 0.347. The number of ether oxygens (including phenoxy) is 2. The lowest BCUT2D eigenvalue weighted by atomic mass is 10.1. The third kappa shape index (κ3) is 3.98. The molecule has 2 aromatic rings. The summed E-state index contributed by atoms with van der Waals surface area (Å²) >= 11 is 0. The van der Waals surface area contributed by atoms with Gasteiger partial charge in [0.1, 0.15) is 17.4 Å². The van der Waals surface area contributed by atoms with Gasteiger partial charge in [-0.15, -0.1) is 0 Å². The smallest absolute Gasteiger partial charge is 0.410 e. The zero-order valence-electron chi connectivity index (χ0n) is 14.5. The van der Waals surface area contributed by atoms with Crippen LogP contribution in [0.5, 0.6) is 0 Å². The van der Waals surface area contributed by atoms with Crippen molar-refractivity contribution in [1.29, 1.82) is 0 Å². The quantitative estimate of drug-likeness (QED) is 0.866. The lowest BCUT2D eigenvalue weighted by molar-refractivity contribution is 0.0136. The van der Waals surface area contributed by atoms with E-state index in [-0.39, 0.29) is 12.2 Å². The second kappa shape index (κ2) is 6.54. The zero-order valence-corrected chi connectivity index (χ0v) is 14.5. The molecule has 1 unspecified atom stereocenters. The first kappa shape index (κ1) is 17.2. The van der Waals surface area contributed by atoms with E-state index >= 15 is 0 Å². The number of carbonyl (C=O) groups is 1. The van der Waals surface area contributed by atoms with Crippen LogP contribution in [-0.4, -0.2) is 52.1 Å². The second-order valence-corrected chi connectivity index (χ2v) is 6.49. The Morgan fingerprint density at radius 3 is 2.74 bits per heavy atom. The van der Waals surface area contributed by atoms with Gasteiger partial charge in [-0.2, -0.15) is 5.10 Å². The molecular formula is C16H24N4O3. The third-order valence-electron chi connectivity index (χ3n) is 3.42. The van der Waals surface area contributed by atoms with Crippen molar-refractivity contribution in [2.75, 3.05) is 20.7 Å². The number of nitrogens with zero attached hydrogens (tertiary/aromatic N) is 4. The van der Waals surface area contributed by atoms with Gasteiger partial charge in [0, 0.05) is 32.8 Å². The maximum Gasteiger partial charge on any atom is 0.410 e. The Bertz CT molecular complexity index is 690. The summed E-state index contributed by atoms with van der Waals surface area (Å²) in [6.07, 6.45) is 2.74. The summed E-state index contributed by atoms with van der Waals surface area (Å²) in [5.41, 5.74) is 1.17. The van der Waals surface area contributed by atoms with Gasteiger partial charge in [0.25, 0.3) is 0 Å². The van der Waals surface area contributed by atoms with E-state index < -0.39 is 5.60 Å². The molecule has 0 radical (unpaired) electrons. The van der Waals surface area contributed by atoms with Gasteiger partial charge in [-0.1, -0.05) is 0 Å². The van der Waals surface area contributed by atoms with Gasteiger partial charge in [0.15, 0.2) is 0 Å². The van der Waals surface area contributed by atoms with Gasteiger partial charge < -0.3 is 14.4 Å². The number of rotatable bonds is 4. The molecule has 0 aliphatic rings.